The van der Waals surface area contributed by atoms with Crippen molar-refractivity contribution in [3.05, 3.63) is 52.9 Å². The molecule has 1 aliphatic carbocycles. The molecule has 2 aromatic heterocycles. The number of primary amides is 1. The Morgan fingerprint density at radius 2 is 1.84 bits per heavy atom. The van der Waals surface area contributed by atoms with Gasteiger partial charge in [-0.3, -0.25) is 9.48 Å². The predicted molar refractivity (Wildman–Crippen MR) is 127 cm³/mol. The molecule has 8 nitrogen and oxygen atoms in total. The molecule has 10 heteroatoms. The molecule has 1 aliphatic rings. The normalized spacial score (nSPS) is 15.3. The van der Waals surface area contributed by atoms with Gasteiger partial charge < -0.3 is 16.4 Å². The monoisotopic (exact) mass is 473 g/mol. The molecule has 1 unspecified atom stereocenters. The van der Waals surface area contributed by atoms with Gasteiger partial charge in [-0.1, -0.05) is 42.5 Å². The first-order valence-corrected chi connectivity index (χ1v) is 11.4. The van der Waals surface area contributed by atoms with Crippen LogP contribution >= 0.6 is 23.2 Å². The highest BCUT2D eigenvalue weighted by Crippen LogP contribution is 2.35. The fourth-order valence-electron chi connectivity index (χ4n) is 4.10. The minimum Gasteiger partial charge on any atom is -0.370 e. The smallest absolute Gasteiger partial charge is 0.229 e. The fourth-order valence-corrected chi connectivity index (χ4v) is 4.36. The average molecular weight is 474 g/mol. The average Bonchev–Trinajstić information content (AvgIpc) is 3.24. The van der Waals surface area contributed by atoms with Gasteiger partial charge in [0, 0.05) is 23.3 Å². The van der Waals surface area contributed by atoms with Crippen LogP contribution < -0.4 is 16.4 Å². The Labute approximate surface area is 196 Å². The molecular weight excluding hydrogens is 449 g/mol. The summed E-state index contributed by atoms with van der Waals surface area (Å²) in [5.41, 5.74) is 7.05. The maximum Gasteiger partial charge on any atom is 0.229 e. The van der Waals surface area contributed by atoms with Gasteiger partial charge in [-0.05, 0) is 43.0 Å². The van der Waals surface area contributed by atoms with Gasteiger partial charge in [-0.25, -0.2) is 4.98 Å². The molecule has 0 saturated heterocycles. The summed E-state index contributed by atoms with van der Waals surface area (Å²) in [7, 11) is 0. The second kappa shape index (κ2) is 10.2. The molecule has 1 saturated carbocycles. The number of amides is 1. The van der Waals surface area contributed by atoms with Crippen molar-refractivity contribution in [1.29, 1.82) is 0 Å². The number of nitrogens with two attached hydrogens (primary N) is 1. The van der Waals surface area contributed by atoms with Gasteiger partial charge in [0.25, 0.3) is 0 Å². The lowest BCUT2D eigenvalue weighted by atomic mass is 9.82. The minimum absolute atomic E-state index is 0.0448. The molecule has 0 bridgehead atoms. The lowest BCUT2D eigenvalue weighted by Gasteiger charge is -2.29. The van der Waals surface area contributed by atoms with E-state index in [-0.39, 0.29) is 18.4 Å². The Kier molecular flexibility index (Phi) is 7.12. The number of halogens is 2. The summed E-state index contributed by atoms with van der Waals surface area (Å²) in [6.07, 6.45) is 11.1. The zero-order chi connectivity index (χ0) is 22.5. The van der Waals surface area contributed by atoms with Gasteiger partial charge in [-0.15, -0.1) is 0 Å². The van der Waals surface area contributed by atoms with Crippen LogP contribution in [0.4, 0.5) is 23.1 Å². The minimum atomic E-state index is -0.315. The first-order valence-electron chi connectivity index (χ1n) is 10.6. The number of nitrogens with zero attached hydrogens (tertiary/aromatic N) is 4. The first kappa shape index (κ1) is 22.4. The van der Waals surface area contributed by atoms with Crippen LogP contribution in [0.15, 0.2) is 42.9 Å². The number of rotatable bonds is 8. The zero-order valence-corrected chi connectivity index (χ0v) is 19.0. The van der Waals surface area contributed by atoms with Crippen molar-refractivity contribution in [3.63, 3.8) is 0 Å². The summed E-state index contributed by atoms with van der Waals surface area (Å²) in [4.78, 5) is 20.4. The summed E-state index contributed by atoms with van der Waals surface area (Å²) >= 11 is 12.2. The molecule has 0 radical (unpaired) electrons. The van der Waals surface area contributed by atoms with Gasteiger partial charge in [0.1, 0.15) is 5.02 Å². The van der Waals surface area contributed by atoms with Crippen molar-refractivity contribution in [2.45, 2.75) is 44.6 Å². The van der Waals surface area contributed by atoms with E-state index in [4.69, 9.17) is 28.9 Å². The van der Waals surface area contributed by atoms with E-state index in [0.717, 1.165) is 24.2 Å². The summed E-state index contributed by atoms with van der Waals surface area (Å²) in [6.45, 7) is 0. The Morgan fingerprint density at radius 3 is 2.56 bits per heavy atom. The van der Waals surface area contributed by atoms with Crippen molar-refractivity contribution in [2.75, 3.05) is 10.6 Å². The maximum atomic E-state index is 11.7. The molecule has 2 heterocycles. The Morgan fingerprint density at radius 1 is 1.09 bits per heavy atom. The maximum absolute atomic E-state index is 11.7. The molecule has 168 valence electrons. The number of aromatic nitrogens is 4. The Hall–Kier alpha value is -2.84. The van der Waals surface area contributed by atoms with E-state index >= 15 is 0 Å². The molecule has 1 atom stereocenters. The summed E-state index contributed by atoms with van der Waals surface area (Å²) in [6, 6.07) is 7.18. The third kappa shape index (κ3) is 5.69. The molecule has 0 spiro atoms. The number of hydrogen-bond donors (Lipinski definition) is 3. The number of hydrogen-bond acceptors (Lipinski definition) is 6. The lowest BCUT2D eigenvalue weighted by molar-refractivity contribution is -0.119. The predicted octanol–water partition coefficient (Wildman–Crippen LogP) is 5.46. The van der Waals surface area contributed by atoms with E-state index in [0.29, 0.717) is 27.7 Å². The summed E-state index contributed by atoms with van der Waals surface area (Å²) < 4.78 is 1.84. The largest absolute Gasteiger partial charge is 0.370 e. The summed E-state index contributed by atoms with van der Waals surface area (Å²) in [5, 5.41) is 11.8. The third-order valence-corrected chi connectivity index (χ3v) is 6.18. The highest BCUT2D eigenvalue weighted by molar-refractivity contribution is 6.33. The van der Waals surface area contributed by atoms with Gasteiger partial charge in [0.2, 0.25) is 11.9 Å². The highest BCUT2D eigenvalue weighted by atomic mass is 35.5. The number of benzene rings is 1. The van der Waals surface area contributed by atoms with Crippen LogP contribution in [0.5, 0.6) is 0 Å². The van der Waals surface area contributed by atoms with Crippen molar-refractivity contribution >= 4 is 52.3 Å². The van der Waals surface area contributed by atoms with Crippen LogP contribution in [0.1, 0.15) is 44.6 Å². The standard InChI is InChI=1S/C22H25Cl2N7O/c23-15-6-8-16(9-7-15)28-21-18(24)12-26-22(30-21)29-17-11-27-31(13-17)19(10-20(25)32)14-4-2-1-3-5-14/h6-9,11-14,19H,1-5,10H2,(H2,25,32)(H2,26,28,29,30). The van der Waals surface area contributed by atoms with E-state index in [9.17, 15) is 4.79 Å². The highest BCUT2D eigenvalue weighted by Gasteiger charge is 2.27. The number of nitrogens with one attached hydrogen (secondary N) is 2. The van der Waals surface area contributed by atoms with E-state index in [1.54, 1.807) is 18.3 Å². The van der Waals surface area contributed by atoms with E-state index in [2.05, 4.69) is 25.7 Å². The molecule has 32 heavy (non-hydrogen) atoms. The Balaban J connectivity index is 1.49. The van der Waals surface area contributed by atoms with Gasteiger partial charge >= 0.3 is 0 Å². The van der Waals surface area contributed by atoms with Crippen molar-refractivity contribution < 1.29 is 4.79 Å². The summed E-state index contributed by atoms with van der Waals surface area (Å²) in [5.74, 6) is 0.915. The number of anilines is 4. The molecule has 1 aromatic carbocycles. The van der Waals surface area contributed by atoms with Crippen LogP contribution in [-0.4, -0.2) is 25.7 Å². The van der Waals surface area contributed by atoms with Crippen molar-refractivity contribution in [1.82, 2.24) is 19.7 Å². The van der Waals surface area contributed by atoms with E-state index in [1.165, 1.54) is 25.5 Å². The molecule has 3 aromatic rings. The second-order valence-corrected chi connectivity index (χ2v) is 8.84. The Bertz CT molecular complexity index is 1060. The van der Waals surface area contributed by atoms with Crippen LogP contribution in [0, 0.1) is 5.92 Å². The number of carbonyl (C=O) groups excluding carboxylic acids is 1. The SMILES string of the molecule is NC(=O)CC(C1CCCCC1)n1cc(Nc2ncc(Cl)c(Nc3ccc(Cl)cc3)n2)cn1. The molecular formula is C22H25Cl2N7O. The van der Waals surface area contributed by atoms with Crippen LogP contribution in [0.25, 0.3) is 0 Å². The third-order valence-electron chi connectivity index (χ3n) is 5.65. The number of carbonyl (C=O) groups is 1. The molecule has 4 N–H and O–H groups in total. The molecule has 1 fully saturated rings. The zero-order valence-electron chi connectivity index (χ0n) is 17.5. The molecule has 4 rings (SSSR count). The van der Waals surface area contributed by atoms with E-state index in [1.807, 2.05) is 23.0 Å². The van der Waals surface area contributed by atoms with Gasteiger partial charge in [0.15, 0.2) is 5.82 Å². The quantitative estimate of drug-likeness (QED) is 0.400. The van der Waals surface area contributed by atoms with Crippen molar-refractivity contribution in [3.8, 4) is 0 Å². The van der Waals surface area contributed by atoms with Crippen LogP contribution in [0.3, 0.4) is 0 Å². The van der Waals surface area contributed by atoms with Crippen LogP contribution in [0.2, 0.25) is 10.0 Å². The topological polar surface area (TPSA) is 111 Å². The van der Waals surface area contributed by atoms with Gasteiger partial charge in [-0.2, -0.15) is 10.1 Å². The first-order chi connectivity index (χ1) is 15.5. The second-order valence-electron chi connectivity index (χ2n) is 7.99. The van der Waals surface area contributed by atoms with Crippen LogP contribution in [-0.2, 0) is 4.79 Å². The van der Waals surface area contributed by atoms with Gasteiger partial charge in [0.05, 0.1) is 24.1 Å². The molecule has 0 aliphatic heterocycles. The van der Waals surface area contributed by atoms with E-state index < -0.39 is 0 Å². The van der Waals surface area contributed by atoms with Crippen molar-refractivity contribution in [2.24, 2.45) is 11.7 Å². The lowest BCUT2D eigenvalue weighted by Crippen LogP contribution is -2.27. The molecule has 1 amide bonds. The fraction of sp³-hybridized carbons (Fsp3) is 0.364.